The van der Waals surface area contributed by atoms with Crippen LogP contribution < -0.4 is 20.1 Å². The summed E-state index contributed by atoms with van der Waals surface area (Å²) in [6.45, 7) is 5.38. The molecule has 2 rings (SSSR count). The van der Waals surface area contributed by atoms with Gasteiger partial charge in [0.25, 0.3) is 0 Å². The first-order valence-corrected chi connectivity index (χ1v) is 9.52. The molecule has 3 atom stereocenters. The molecule has 146 valence electrons. The van der Waals surface area contributed by atoms with E-state index in [2.05, 4.69) is 22.5 Å². The average Bonchev–Trinajstić information content (AvgIpc) is 2.65. The lowest BCUT2D eigenvalue weighted by Crippen LogP contribution is -2.45. The third kappa shape index (κ3) is 5.80. The van der Waals surface area contributed by atoms with Crippen LogP contribution >= 0.6 is 0 Å². The smallest absolute Gasteiger partial charge is 0.191 e. The Labute approximate surface area is 157 Å². The van der Waals surface area contributed by atoms with Crippen molar-refractivity contribution in [3.05, 3.63) is 23.8 Å². The zero-order valence-corrected chi connectivity index (χ0v) is 16.4. The highest BCUT2D eigenvalue weighted by Crippen LogP contribution is 2.29. The molecule has 3 N–H and O–H groups in total. The van der Waals surface area contributed by atoms with Gasteiger partial charge in [0, 0.05) is 18.2 Å². The van der Waals surface area contributed by atoms with E-state index in [-0.39, 0.29) is 6.54 Å². The third-order valence-corrected chi connectivity index (χ3v) is 4.84. The molecule has 6 nitrogen and oxygen atoms in total. The highest BCUT2D eigenvalue weighted by molar-refractivity contribution is 5.80. The molecule has 1 aliphatic carbocycles. The van der Waals surface area contributed by atoms with E-state index < -0.39 is 6.10 Å². The summed E-state index contributed by atoms with van der Waals surface area (Å²) >= 11 is 0. The van der Waals surface area contributed by atoms with E-state index in [0.29, 0.717) is 23.1 Å². The topological polar surface area (TPSA) is 75.1 Å². The van der Waals surface area contributed by atoms with Gasteiger partial charge in [-0.3, -0.25) is 4.99 Å². The molecule has 0 amide bonds. The molecular formula is C20H33N3O3. The maximum atomic E-state index is 10.6. The van der Waals surface area contributed by atoms with Crippen molar-refractivity contribution in [2.24, 2.45) is 10.9 Å². The predicted octanol–water partition coefficient (Wildman–Crippen LogP) is 2.87. The number of ether oxygens (including phenoxy) is 2. The fourth-order valence-electron chi connectivity index (χ4n) is 3.45. The van der Waals surface area contributed by atoms with E-state index in [0.717, 1.165) is 24.8 Å². The van der Waals surface area contributed by atoms with Gasteiger partial charge >= 0.3 is 0 Å². The van der Waals surface area contributed by atoms with Crippen molar-refractivity contribution in [3.63, 3.8) is 0 Å². The minimum atomic E-state index is -0.763. The third-order valence-electron chi connectivity index (χ3n) is 4.84. The first-order valence-electron chi connectivity index (χ1n) is 9.52. The van der Waals surface area contributed by atoms with Gasteiger partial charge in [0.2, 0.25) is 0 Å². The number of nitrogens with one attached hydrogen (secondary N) is 2. The van der Waals surface area contributed by atoms with Crippen molar-refractivity contribution >= 4 is 5.96 Å². The van der Waals surface area contributed by atoms with Crippen molar-refractivity contribution in [1.82, 2.24) is 10.6 Å². The molecule has 1 fully saturated rings. The van der Waals surface area contributed by atoms with Crippen LogP contribution in [0, 0.1) is 5.92 Å². The molecule has 1 aromatic carbocycles. The number of aliphatic imine (C=N–C) groups is 1. The fourth-order valence-corrected chi connectivity index (χ4v) is 3.45. The summed E-state index contributed by atoms with van der Waals surface area (Å²) in [5.74, 6) is 2.82. The second-order valence-corrected chi connectivity index (χ2v) is 6.96. The molecule has 0 spiro atoms. The van der Waals surface area contributed by atoms with E-state index in [1.165, 1.54) is 19.3 Å². The van der Waals surface area contributed by atoms with Gasteiger partial charge in [-0.15, -0.1) is 0 Å². The zero-order valence-electron chi connectivity index (χ0n) is 16.4. The van der Waals surface area contributed by atoms with E-state index in [4.69, 9.17) is 9.47 Å². The number of benzene rings is 1. The summed E-state index contributed by atoms with van der Waals surface area (Å²) in [6.07, 6.45) is 4.13. The van der Waals surface area contributed by atoms with Crippen LogP contribution in [0.1, 0.15) is 51.2 Å². The molecule has 26 heavy (non-hydrogen) atoms. The number of aliphatic hydroxyl groups excluding tert-OH is 1. The molecule has 1 saturated carbocycles. The second-order valence-electron chi connectivity index (χ2n) is 6.96. The molecule has 1 aliphatic rings. The first kappa shape index (κ1) is 20.4. The van der Waals surface area contributed by atoms with Crippen molar-refractivity contribution in [2.75, 3.05) is 27.3 Å². The van der Waals surface area contributed by atoms with Crippen molar-refractivity contribution in [1.29, 1.82) is 0 Å². The number of hydrogen-bond acceptors (Lipinski definition) is 4. The molecule has 0 heterocycles. The Morgan fingerprint density at radius 1 is 1.31 bits per heavy atom. The minimum absolute atomic E-state index is 0.251. The van der Waals surface area contributed by atoms with Crippen molar-refractivity contribution in [3.8, 4) is 11.5 Å². The Morgan fingerprint density at radius 3 is 2.77 bits per heavy atom. The molecule has 1 aromatic rings. The van der Waals surface area contributed by atoms with E-state index in [1.54, 1.807) is 26.4 Å². The van der Waals surface area contributed by atoms with Crippen LogP contribution in [0.15, 0.2) is 23.2 Å². The lowest BCUT2D eigenvalue weighted by atomic mass is 9.87. The van der Waals surface area contributed by atoms with E-state index in [9.17, 15) is 5.11 Å². The maximum absolute atomic E-state index is 10.6. The van der Waals surface area contributed by atoms with Gasteiger partial charge in [0.15, 0.2) is 5.96 Å². The average molecular weight is 364 g/mol. The number of rotatable bonds is 7. The summed E-state index contributed by atoms with van der Waals surface area (Å²) in [7, 11) is 3.20. The SMILES string of the molecule is CCNC(=NCC(O)c1cc(OC)ccc1OC)NC1CCCC(C)C1. The Balaban J connectivity index is 2.05. The van der Waals surface area contributed by atoms with Gasteiger partial charge in [0.1, 0.15) is 17.6 Å². The van der Waals surface area contributed by atoms with Gasteiger partial charge in [-0.2, -0.15) is 0 Å². The molecule has 0 bridgehead atoms. The quantitative estimate of drug-likeness (QED) is 0.513. The van der Waals surface area contributed by atoms with Crippen molar-refractivity contribution < 1.29 is 14.6 Å². The largest absolute Gasteiger partial charge is 0.497 e. The second kappa shape index (κ2) is 10.3. The summed E-state index contributed by atoms with van der Waals surface area (Å²) in [4.78, 5) is 4.59. The Morgan fingerprint density at radius 2 is 2.12 bits per heavy atom. The van der Waals surface area contributed by atoms with Crippen molar-refractivity contribution in [2.45, 2.75) is 51.7 Å². The van der Waals surface area contributed by atoms with Gasteiger partial charge in [-0.25, -0.2) is 0 Å². The number of guanidine groups is 1. The minimum Gasteiger partial charge on any atom is -0.497 e. The van der Waals surface area contributed by atoms with E-state index >= 15 is 0 Å². The lowest BCUT2D eigenvalue weighted by Gasteiger charge is -2.29. The number of methoxy groups -OCH3 is 2. The summed E-state index contributed by atoms with van der Waals surface area (Å²) < 4.78 is 10.6. The Kier molecular flexibility index (Phi) is 8.04. The summed E-state index contributed by atoms with van der Waals surface area (Å²) in [5.41, 5.74) is 0.678. The normalized spacial score (nSPS) is 21.8. The lowest BCUT2D eigenvalue weighted by molar-refractivity contribution is 0.182. The molecule has 0 radical (unpaired) electrons. The van der Waals surface area contributed by atoms with Gasteiger partial charge < -0.3 is 25.2 Å². The standard InChI is InChI=1S/C20H33N3O3/c1-5-21-20(23-15-8-6-7-14(2)11-15)22-13-18(24)17-12-16(25-3)9-10-19(17)26-4/h9-10,12,14-15,18,24H,5-8,11,13H2,1-4H3,(H2,21,22,23). The summed E-state index contributed by atoms with van der Waals surface area (Å²) in [6, 6.07) is 5.85. The number of hydrogen-bond donors (Lipinski definition) is 3. The highest BCUT2D eigenvalue weighted by Gasteiger charge is 2.20. The zero-order chi connectivity index (χ0) is 18.9. The Bertz CT molecular complexity index is 592. The fraction of sp³-hybridized carbons (Fsp3) is 0.650. The molecule has 0 aromatic heterocycles. The molecule has 6 heteroatoms. The first-order chi connectivity index (χ1) is 12.6. The van der Waals surface area contributed by atoms with Crippen LogP contribution in [0.5, 0.6) is 11.5 Å². The number of nitrogens with zero attached hydrogens (tertiary/aromatic N) is 1. The molecular weight excluding hydrogens is 330 g/mol. The molecule has 3 unspecified atom stereocenters. The van der Waals surface area contributed by atoms with Gasteiger partial charge in [0.05, 0.1) is 20.8 Å². The maximum Gasteiger partial charge on any atom is 0.191 e. The monoisotopic (exact) mass is 363 g/mol. The van der Waals surface area contributed by atoms with Crippen LogP contribution in [-0.4, -0.2) is 44.4 Å². The van der Waals surface area contributed by atoms with Crippen LogP contribution in [0.3, 0.4) is 0 Å². The van der Waals surface area contributed by atoms with Crippen LogP contribution in [0.2, 0.25) is 0 Å². The summed E-state index contributed by atoms with van der Waals surface area (Å²) in [5, 5.41) is 17.4. The number of aliphatic hydroxyl groups is 1. The van der Waals surface area contributed by atoms with Gasteiger partial charge in [-0.1, -0.05) is 19.8 Å². The van der Waals surface area contributed by atoms with Crippen LogP contribution in [0.25, 0.3) is 0 Å². The highest BCUT2D eigenvalue weighted by atomic mass is 16.5. The molecule has 0 aliphatic heterocycles. The van der Waals surface area contributed by atoms with Crippen LogP contribution in [0.4, 0.5) is 0 Å². The van der Waals surface area contributed by atoms with E-state index in [1.807, 2.05) is 13.0 Å². The Hall–Kier alpha value is -1.95. The molecule has 0 saturated heterocycles. The predicted molar refractivity (Wildman–Crippen MR) is 105 cm³/mol. The van der Waals surface area contributed by atoms with Crippen LogP contribution in [-0.2, 0) is 0 Å². The van der Waals surface area contributed by atoms with Gasteiger partial charge in [-0.05, 0) is 43.9 Å².